The zero-order valence-electron chi connectivity index (χ0n) is 25.1. The number of nitrogens with zero attached hydrogens (tertiary/aromatic N) is 2. The van der Waals surface area contributed by atoms with Crippen LogP contribution >= 0.6 is 0 Å². The summed E-state index contributed by atoms with van der Waals surface area (Å²) in [5, 5.41) is 21.5. The van der Waals surface area contributed by atoms with Gasteiger partial charge in [-0.25, -0.2) is 0 Å². The van der Waals surface area contributed by atoms with Gasteiger partial charge in [0.1, 0.15) is 11.5 Å². The average Bonchev–Trinajstić information content (AvgIpc) is 3.11. The fourth-order valence-corrected chi connectivity index (χ4v) is 6.00. The minimum absolute atomic E-state index is 0.174. The summed E-state index contributed by atoms with van der Waals surface area (Å²) in [6, 6.07) is 60.3. The lowest BCUT2D eigenvalue weighted by Crippen LogP contribution is -2.18. The van der Waals surface area contributed by atoms with Crippen LogP contribution in [0, 0.1) is 0 Å². The smallest absolute Gasteiger partial charge is 0.117 e. The molecule has 7 rings (SSSR count). The van der Waals surface area contributed by atoms with Gasteiger partial charge in [-0.2, -0.15) is 0 Å². The van der Waals surface area contributed by atoms with E-state index < -0.39 is 0 Å². The highest BCUT2D eigenvalue weighted by atomic mass is 16.3. The summed E-state index contributed by atoms with van der Waals surface area (Å²) in [5.74, 6) is 0.352. The molecule has 4 nitrogen and oxygen atoms in total. The van der Waals surface area contributed by atoms with Gasteiger partial charge >= 0.3 is 0 Å². The van der Waals surface area contributed by atoms with Crippen LogP contribution in [-0.4, -0.2) is 10.2 Å². The number of rotatable bonds is 8. The molecule has 0 radical (unpaired) electrons. The molecule has 0 aliphatic heterocycles. The van der Waals surface area contributed by atoms with Gasteiger partial charge in [0.25, 0.3) is 0 Å². The van der Waals surface area contributed by atoms with Crippen LogP contribution in [0.25, 0.3) is 22.3 Å². The van der Waals surface area contributed by atoms with E-state index in [1.165, 1.54) is 0 Å². The average molecular weight is 597 g/mol. The fraction of sp³-hybridized carbons (Fsp3) is 0. The van der Waals surface area contributed by atoms with Crippen molar-refractivity contribution in [2.24, 2.45) is 0 Å². The summed E-state index contributed by atoms with van der Waals surface area (Å²) in [5.41, 5.74) is 9.50. The zero-order valence-corrected chi connectivity index (χ0v) is 25.1. The molecule has 2 N–H and O–H groups in total. The standard InChI is InChI=1S/C42H32N2O2/c45-37-25-13-23-35(29-37)43(33-19-9-3-10-20-33)40-28-27-39(31-15-5-1-6-16-31)41(32-17-7-2-8-18-32)42(40)44(34-21-11-4-12-22-34)36-24-14-26-38(46)30-36/h1-30,45-46H. The number of benzene rings is 7. The second-order valence-corrected chi connectivity index (χ2v) is 11.0. The van der Waals surface area contributed by atoms with Gasteiger partial charge in [-0.05, 0) is 71.3 Å². The molecule has 46 heavy (non-hydrogen) atoms. The first kappa shape index (κ1) is 28.5. The van der Waals surface area contributed by atoms with Crippen molar-refractivity contribution in [1.82, 2.24) is 0 Å². The van der Waals surface area contributed by atoms with Gasteiger partial charge in [-0.15, -0.1) is 0 Å². The second kappa shape index (κ2) is 12.8. The lowest BCUT2D eigenvalue weighted by molar-refractivity contribution is 0.475. The van der Waals surface area contributed by atoms with Crippen molar-refractivity contribution in [3.05, 3.63) is 182 Å². The van der Waals surface area contributed by atoms with Crippen LogP contribution in [0.2, 0.25) is 0 Å². The van der Waals surface area contributed by atoms with Gasteiger partial charge in [0.2, 0.25) is 0 Å². The van der Waals surface area contributed by atoms with Crippen molar-refractivity contribution in [3.63, 3.8) is 0 Å². The van der Waals surface area contributed by atoms with Crippen molar-refractivity contribution in [1.29, 1.82) is 0 Å². The van der Waals surface area contributed by atoms with Gasteiger partial charge in [0.05, 0.1) is 11.4 Å². The van der Waals surface area contributed by atoms with Crippen LogP contribution < -0.4 is 9.80 Å². The summed E-state index contributed by atoms with van der Waals surface area (Å²) in [4.78, 5) is 4.39. The molecule has 0 spiro atoms. The summed E-state index contributed by atoms with van der Waals surface area (Å²) in [6.07, 6.45) is 0. The molecule has 0 unspecified atom stereocenters. The first-order chi connectivity index (χ1) is 22.7. The molecule has 0 saturated heterocycles. The van der Waals surface area contributed by atoms with E-state index in [2.05, 4.69) is 94.7 Å². The third-order valence-corrected chi connectivity index (χ3v) is 7.97. The number of para-hydroxylation sites is 2. The molecule has 0 aromatic heterocycles. The molecule has 0 atom stereocenters. The number of phenols is 2. The lowest BCUT2D eigenvalue weighted by Gasteiger charge is -2.35. The summed E-state index contributed by atoms with van der Waals surface area (Å²) in [6.45, 7) is 0. The zero-order chi connectivity index (χ0) is 31.3. The highest BCUT2D eigenvalue weighted by Crippen LogP contribution is 2.53. The highest BCUT2D eigenvalue weighted by Gasteiger charge is 2.28. The van der Waals surface area contributed by atoms with Crippen LogP contribution in [0.5, 0.6) is 11.5 Å². The van der Waals surface area contributed by atoms with Gasteiger partial charge in [0, 0.05) is 40.4 Å². The fourth-order valence-electron chi connectivity index (χ4n) is 6.00. The SMILES string of the molecule is Oc1cccc(N(c2ccccc2)c2ccc(-c3ccccc3)c(-c3ccccc3)c2N(c2ccccc2)c2cccc(O)c2)c1. The minimum atomic E-state index is 0.174. The van der Waals surface area contributed by atoms with Gasteiger partial charge < -0.3 is 20.0 Å². The Hall–Kier alpha value is -6.26. The van der Waals surface area contributed by atoms with Crippen molar-refractivity contribution in [2.75, 3.05) is 9.80 Å². The van der Waals surface area contributed by atoms with E-state index in [-0.39, 0.29) is 11.5 Å². The normalized spacial score (nSPS) is 10.8. The molecule has 0 aliphatic rings. The summed E-state index contributed by atoms with van der Waals surface area (Å²) in [7, 11) is 0. The Labute approximate surface area is 269 Å². The quantitative estimate of drug-likeness (QED) is 0.183. The largest absolute Gasteiger partial charge is 0.508 e. The Balaban J connectivity index is 1.66. The van der Waals surface area contributed by atoms with E-state index in [0.29, 0.717) is 0 Å². The molecular formula is C42H32N2O2. The molecule has 222 valence electrons. The van der Waals surface area contributed by atoms with Crippen molar-refractivity contribution in [3.8, 4) is 33.8 Å². The number of aromatic hydroxyl groups is 2. The number of hydrogen-bond acceptors (Lipinski definition) is 4. The molecule has 0 aliphatic carbocycles. The molecule has 7 aromatic rings. The predicted molar refractivity (Wildman–Crippen MR) is 190 cm³/mol. The number of hydrogen-bond donors (Lipinski definition) is 2. The summed E-state index contributed by atoms with van der Waals surface area (Å²) < 4.78 is 0. The molecule has 0 bridgehead atoms. The lowest BCUT2D eigenvalue weighted by atomic mass is 9.90. The van der Waals surface area contributed by atoms with E-state index in [4.69, 9.17) is 0 Å². The van der Waals surface area contributed by atoms with Crippen molar-refractivity contribution in [2.45, 2.75) is 0 Å². The monoisotopic (exact) mass is 596 g/mol. The molecule has 7 aromatic carbocycles. The van der Waals surface area contributed by atoms with E-state index in [1.807, 2.05) is 72.8 Å². The molecular weight excluding hydrogens is 564 g/mol. The number of phenolic OH excluding ortho intramolecular Hbond substituents is 2. The molecule has 0 heterocycles. The maximum absolute atomic E-state index is 10.8. The van der Waals surface area contributed by atoms with E-state index >= 15 is 0 Å². The first-order valence-electron chi connectivity index (χ1n) is 15.2. The second-order valence-electron chi connectivity index (χ2n) is 11.0. The third-order valence-electron chi connectivity index (χ3n) is 7.97. The topological polar surface area (TPSA) is 46.9 Å². The molecule has 0 saturated carbocycles. The maximum atomic E-state index is 10.8. The van der Waals surface area contributed by atoms with E-state index in [9.17, 15) is 10.2 Å². The van der Waals surface area contributed by atoms with Gasteiger partial charge in [-0.1, -0.05) is 115 Å². The van der Waals surface area contributed by atoms with Crippen LogP contribution in [0.1, 0.15) is 0 Å². The molecule has 4 heteroatoms. The summed E-state index contributed by atoms with van der Waals surface area (Å²) >= 11 is 0. The Kier molecular flexibility index (Phi) is 7.91. The number of anilines is 6. The van der Waals surface area contributed by atoms with Crippen LogP contribution in [-0.2, 0) is 0 Å². The van der Waals surface area contributed by atoms with Crippen LogP contribution in [0.3, 0.4) is 0 Å². The Morgan fingerprint density at radius 1 is 0.348 bits per heavy atom. The van der Waals surface area contributed by atoms with E-state index in [0.717, 1.165) is 56.4 Å². The predicted octanol–water partition coefficient (Wildman–Crippen LogP) is 11.4. The Bertz CT molecular complexity index is 2060. The highest BCUT2D eigenvalue weighted by molar-refractivity contribution is 6.04. The maximum Gasteiger partial charge on any atom is 0.117 e. The van der Waals surface area contributed by atoms with Gasteiger partial charge in [-0.3, -0.25) is 0 Å². The molecule has 0 amide bonds. The Morgan fingerprint density at radius 3 is 1.30 bits per heavy atom. The third kappa shape index (κ3) is 5.68. The minimum Gasteiger partial charge on any atom is -0.508 e. The van der Waals surface area contributed by atoms with Crippen molar-refractivity contribution >= 4 is 34.1 Å². The van der Waals surface area contributed by atoms with Crippen LogP contribution in [0.15, 0.2) is 182 Å². The first-order valence-corrected chi connectivity index (χ1v) is 15.2. The van der Waals surface area contributed by atoms with E-state index in [1.54, 1.807) is 24.3 Å². The van der Waals surface area contributed by atoms with Gasteiger partial charge in [0.15, 0.2) is 0 Å². The Morgan fingerprint density at radius 2 is 0.783 bits per heavy atom. The van der Waals surface area contributed by atoms with Crippen LogP contribution in [0.4, 0.5) is 34.1 Å². The molecule has 0 fully saturated rings. The van der Waals surface area contributed by atoms with Crippen molar-refractivity contribution < 1.29 is 10.2 Å².